The minimum Gasteiger partial charge on any atom is -0.383 e. The lowest BCUT2D eigenvalue weighted by Crippen LogP contribution is -2.11. The quantitative estimate of drug-likeness (QED) is 0.606. The van der Waals surface area contributed by atoms with Crippen LogP contribution in [0.2, 0.25) is 0 Å². The molecule has 0 atom stereocenters. The Morgan fingerprint density at radius 2 is 2.05 bits per heavy atom. The number of hydrogen-bond acceptors (Lipinski definition) is 6. The fourth-order valence-corrected chi connectivity index (χ4v) is 1.94. The van der Waals surface area contributed by atoms with Crippen LogP contribution in [0.3, 0.4) is 0 Å². The largest absolute Gasteiger partial charge is 0.383 e. The van der Waals surface area contributed by atoms with E-state index in [0.717, 1.165) is 11.1 Å². The van der Waals surface area contributed by atoms with Crippen LogP contribution in [-0.4, -0.2) is 40.4 Å². The average molecular weight is 302 g/mol. The molecule has 1 aromatic carbocycles. The summed E-state index contributed by atoms with van der Waals surface area (Å²) in [6.07, 6.45) is 1.64. The molecule has 2 aromatic heterocycles. The summed E-state index contributed by atoms with van der Waals surface area (Å²) in [5.41, 5.74) is 1.34. The molecular formula is C14H15FN6O. The monoisotopic (exact) mass is 302 g/mol. The van der Waals surface area contributed by atoms with Gasteiger partial charge in [0, 0.05) is 19.3 Å². The van der Waals surface area contributed by atoms with Crippen LogP contribution in [0.15, 0.2) is 30.5 Å². The van der Waals surface area contributed by atoms with Gasteiger partial charge in [-0.25, -0.2) is 4.39 Å². The zero-order chi connectivity index (χ0) is 15.4. The third-order valence-corrected chi connectivity index (χ3v) is 3.01. The number of anilines is 3. The Kier molecular flexibility index (Phi) is 4.10. The standard InChI is InChI=1S/C14H15FN6O/c1-22-7-6-16-14-19-12(11-8-17-21-13(11)20-14)18-10-4-2-9(15)3-5-10/h2-5,8H,6-7H2,1H3,(H3,16,17,18,19,20,21). The molecule has 0 aliphatic heterocycles. The molecule has 7 nitrogen and oxygen atoms in total. The van der Waals surface area contributed by atoms with Crippen LogP contribution in [0.5, 0.6) is 0 Å². The highest BCUT2D eigenvalue weighted by Crippen LogP contribution is 2.23. The summed E-state index contributed by atoms with van der Waals surface area (Å²) >= 11 is 0. The first kappa shape index (κ1) is 14.2. The maximum absolute atomic E-state index is 13.0. The summed E-state index contributed by atoms with van der Waals surface area (Å²) in [5, 5.41) is 13.7. The Bertz CT molecular complexity index is 758. The summed E-state index contributed by atoms with van der Waals surface area (Å²) in [5.74, 6) is 0.757. The second-order valence-electron chi connectivity index (χ2n) is 4.58. The van der Waals surface area contributed by atoms with Gasteiger partial charge in [0.15, 0.2) is 5.65 Å². The summed E-state index contributed by atoms with van der Waals surface area (Å²) in [6, 6.07) is 6.05. The van der Waals surface area contributed by atoms with Crippen molar-refractivity contribution in [3.63, 3.8) is 0 Å². The van der Waals surface area contributed by atoms with Crippen molar-refractivity contribution in [1.29, 1.82) is 0 Å². The number of hydrogen-bond donors (Lipinski definition) is 3. The fourth-order valence-electron chi connectivity index (χ4n) is 1.94. The lowest BCUT2D eigenvalue weighted by atomic mass is 10.3. The molecule has 0 aliphatic carbocycles. The number of fused-ring (bicyclic) bond motifs is 1. The van der Waals surface area contributed by atoms with Crippen molar-refractivity contribution in [3.8, 4) is 0 Å². The predicted octanol–water partition coefficient (Wildman–Crippen LogP) is 2.29. The van der Waals surface area contributed by atoms with Crippen LogP contribution in [0.1, 0.15) is 0 Å². The van der Waals surface area contributed by atoms with E-state index in [1.165, 1.54) is 12.1 Å². The molecule has 22 heavy (non-hydrogen) atoms. The highest BCUT2D eigenvalue weighted by atomic mass is 19.1. The number of nitrogens with zero attached hydrogens (tertiary/aromatic N) is 3. The Morgan fingerprint density at radius 1 is 1.23 bits per heavy atom. The van der Waals surface area contributed by atoms with Gasteiger partial charge < -0.3 is 15.4 Å². The number of methoxy groups -OCH3 is 1. The van der Waals surface area contributed by atoms with E-state index in [9.17, 15) is 4.39 Å². The lowest BCUT2D eigenvalue weighted by molar-refractivity contribution is 0.210. The average Bonchev–Trinajstić information content (AvgIpc) is 2.98. The molecule has 0 aliphatic rings. The summed E-state index contributed by atoms with van der Waals surface area (Å²) in [7, 11) is 1.63. The minimum absolute atomic E-state index is 0.288. The second-order valence-corrected chi connectivity index (χ2v) is 4.58. The van der Waals surface area contributed by atoms with E-state index in [4.69, 9.17) is 4.74 Å². The number of nitrogens with one attached hydrogen (secondary N) is 3. The first-order valence-corrected chi connectivity index (χ1v) is 6.73. The maximum atomic E-state index is 13.0. The van der Waals surface area contributed by atoms with Gasteiger partial charge in [0.05, 0.1) is 18.2 Å². The number of halogens is 1. The van der Waals surface area contributed by atoms with Crippen molar-refractivity contribution in [1.82, 2.24) is 20.2 Å². The lowest BCUT2D eigenvalue weighted by Gasteiger charge is -2.09. The third-order valence-electron chi connectivity index (χ3n) is 3.01. The smallest absolute Gasteiger partial charge is 0.226 e. The number of H-pyrrole nitrogens is 1. The van der Waals surface area contributed by atoms with Crippen molar-refractivity contribution in [2.45, 2.75) is 0 Å². The van der Waals surface area contributed by atoms with Crippen LogP contribution in [0, 0.1) is 5.82 Å². The molecular weight excluding hydrogens is 287 g/mol. The molecule has 0 spiro atoms. The van der Waals surface area contributed by atoms with Gasteiger partial charge in [-0.1, -0.05) is 0 Å². The number of benzene rings is 1. The molecule has 0 bridgehead atoms. The minimum atomic E-state index is -0.288. The predicted molar refractivity (Wildman–Crippen MR) is 81.7 cm³/mol. The second kappa shape index (κ2) is 6.35. The Labute approximate surface area is 125 Å². The molecule has 0 radical (unpaired) electrons. The topological polar surface area (TPSA) is 87.8 Å². The van der Waals surface area contributed by atoms with E-state index in [1.807, 2.05) is 0 Å². The SMILES string of the molecule is COCCNc1nc(Nc2ccc(F)cc2)c2cn[nH]c2n1. The van der Waals surface area contributed by atoms with Gasteiger partial charge in [0.2, 0.25) is 5.95 Å². The van der Waals surface area contributed by atoms with Gasteiger partial charge in [-0.05, 0) is 24.3 Å². The molecule has 0 saturated heterocycles. The van der Waals surface area contributed by atoms with Gasteiger partial charge in [-0.15, -0.1) is 0 Å². The maximum Gasteiger partial charge on any atom is 0.226 e. The first-order chi connectivity index (χ1) is 10.8. The van der Waals surface area contributed by atoms with Gasteiger partial charge in [0.25, 0.3) is 0 Å². The third kappa shape index (κ3) is 3.12. The van der Waals surface area contributed by atoms with Crippen molar-refractivity contribution < 1.29 is 9.13 Å². The zero-order valence-electron chi connectivity index (χ0n) is 11.9. The summed E-state index contributed by atoms with van der Waals surface area (Å²) in [6.45, 7) is 1.14. The van der Waals surface area contributed by atoms with Crippen LogP contribution < -0.4 is 10.6 Å². The van der Waals surface area contributed by atoms with Crippen LogP contribution in [0.4, 0.5) is 21.8 Å². The highest BCUT2D eigenvalue weighted by Gasteiger charge is 2.09. The zero-order valence-corrected chi connectivity index (χ0v) is 11.9. The molecule has 0 saturated carbocycles. The Balaban J connectivity index is 1.89. The van der Waals surface area contributed by atoms with E-state index in [-0.39, 0.29) is 5.82 Å². The number of rotatable bonds is 6. The number of aromatic nitrogens is 4. The number of ether oxygens (including phenoxy) is 1. The van der Waals surface area contributed by atoms with Crippen LogP contribution in [-0.2, 0) is 4.74 Å². The Morgan fingerprint density at radius 3 is 2.82 bits per heavy atom. The van der Waals surface area contributed by atoms with Crippen LogP contribution >= 0.6 is 0 Å². The molecule has 2 heterocycles. The van der Waals surface area contributed by atoms with E-state index in [1.54, 1.807) is 25.4 Å². The normalized spacial score (nSPS) is 10.8. The van der Waals surface area contributed by atoms with E-state index in [0.29, 0.717) is 30.6 Å². The van der Waals surface area contributed by atoms with Crippen molar-refractivity contribution in [2.24, 2.45) is 0 Å². The summed E-state index contributed by atoms with van der Waals surface area (Å²) < 4.78 is 18.0. The van der Waals surface area contributed by atoms with Crippen molar-refractivity contribution in [2.75, 3.05) is 30.9 Å². The van der Waals surface area contributed by atoms with E-state index in [2.05, 4.69) is 30.8 Å². The van der Waals surface area contributed by atoms with Gasteiger partial charge in [0.1, 0.15) is 11.6 Å². The highest BCUT2D eigenvalue weighted by molar-refractivity contribution is 5.88. The van der Waals surface area contributed by atoms with Gasteiger partial charge >= 0.3 is 0 Å². The van der Waals surface area contributed by atoms with E-state index < -0.39 is 0 Å². The molecule has 8 heteroatoms. The van der Waals surface area contributed by atoms with Crippen molar-refractivity contribution in [3.05, 3.63) is 36.3 Å². The van der Waals surface area contributed by atoms with Crippen LogP contribution in [0.25, 0.3) is 11.0 Å². The number of aromatic amines is 1. The molecule has 114 valence electrons. The first-order valence-electron chi connectivity index (χ1n) is 6.73. The van der Waals surface area contributed by atoms with Gasteiger partial charge in [-0.3, -0.25) is 5.10 Å². The Hall–Kier alpha value is -2.74. The molecule has 0 fully saturated rings. The summed E-state index contributed by atoms with van der Waals surface area (Å²) in [4.78, 5) is 8.75. The molecule has 3 rings (SSSR count). The van der Waals surface area contributed by atoms with E-state index >= 15 is 0 Å². The molecule has 0 amide bonds. The van der Waals surface area contributed by atoms with Crippen molar-refractivity contribution >= 4 is 28.5 Å². The molecule has 0 unspecified atom stereocenters. The fraction of sp³-hybridized carbons (Fsp3) is 0.214. The molecule has 3 aromatic rings. The molecule has 3 N–H and O–H groups in total. The van der Waals surface area contributed by atoms with Gasteiger partial charge in [-0.2, -0.15) is 15.1 Å².